The fraction of sp³-hybridized carbons (Fsp3) is 0.444. The largest absolute Gasteiger partial charge is 0.469 e. The SMILES string of the molecule is CC(C)(C)[Si]OC(C)(C)[C@H]1CN(c2ccc(-c3ccc(O[C@@H]4COc5nc([N+](=O)[O-])cn5C4)nc3)c(F)c2)C(=O)O1. The van der Waals surface area contributed by atoms with Crippen LogP contribution in [0.15, 0.2) is 42.7 Å². The van der Waals surface area contributed by atoms with Crippen molar-refractivity contribution in [3.63, 3.8) is 0 Å². The van der Waals surface area contributed by atoms with Crippen molar-refractivity contribution in [3.8, 4) is 23.0 Å². The maximum atomic E-state index is 15.2. The van der Waals surface area contributed by atoms with Gasteiger partial charge in [0.1, 0.15) is 24.7 Å². The molecule has 4 heterocycles. The lowest BCUT2D eigenvalue weighted by Gasteiger charge is -2.32. The van der Waals surface area contributed by atoms with Gasteiger partial charge in [-0.05, 0) is 48.1 Å². The summed E-state index contributed by atoms with van der Waals surface area (Å²) in [4.78, 5) is 32.5. The number of fused-ring (bicyclic) bond motifs is 1. The fourth-order valence-electron chi connectivity index (χ4n) is 4.30. The summed E-state index contributed by atoms with van der Waals surface area (Å²) in [7, 11) is 0.226. The zero-order valence-corrected chi connectivity index (χ0v) is 24.3. The number of benzene rings is 1. The number of aromatic nitrogens is 3. The molecule has 0 N–H and O–H groups in total. The Kier molecular flexibility index (Phi) is 7.46. The Hall–Kier alpha value is -4.04. The molecular weight excluding hydrogens is 553 g/mol. The molecule has 1 aromatic carbocycles. The topological polar surface area (TPSA) is 131 Å². The van der Waals surface area contributed by atoms with Crippen molar-refractivity contribution in [2.24, 2.45) is 0 Å². The molecule has 0 spiro atoms. The predicted molar refractivity (Wildman–Crippen MR) is 147 cm³/mol. The summed E-state index contributed by atoms with van der Waals surface area (Å²) in [6.07, 6.45) is 1.27. The Labute approximate surface area is 238 Å². The van der Waals surface area contributed by atoms with E-state index in [2.05, 4.69) is 30.7 Å². The number of ether oxygens (including phenoxy) is 3. The summed E-state index contributed by atoms with van der Waals surface area (Å²) in [5, 5.41) is 10.9. The number of cyclic esters (lactones) is 1. The van der Waals surface area contributed by atoms with Gasteiger partial charge < -0.3 is 28.8 Å². The van der Waals surface area contributed by atoms with Gasteiger partial charge in [0.25, 0.3) is 0 Å². The van der Waals surface area contributed by atoms with E-state index < -0.39 is 34.6 Å². The highest BCUT2D eigenvalue weighted by Crippen LogP contribution is 2.33. The van der Waals surface area contributed by atoms with Gasteiger partial charge in [-0.2, -0.15) is 0 Å². The van der Waals surface area contributed by atoms with E-state index in [1.165, 1.54) is 27.9 Å². The van der Waals surface area contributed by atoms with Gasteiger partial charge in [-0.1, -0.05) is 20.8 Å². The molecule has 0 aliphatic carbocycles. The molecule has 2 radical (unpaired) electrons. The Morgan fingerprint density at radius 2 is 1.95 bits per heavy atom. The third kappa shape index (κ3) is 6.33. The second-order valence-corrected chi connectivity index (χ2v) is 13.3. The molecule has 1 fully saturated rings. The number of carbonyl (C=O) groups is 1. The fourth-order valence-corrected chi connectivity index (χ4v) is 5.00. The molecule has 1 amide bonds. The molecule has 41 heavy (non-hydrogen) atoms. The van der Waals surface area contributed by atoms with E-state index >= 15 is 4.39 Å². The first-order valence-electron chi connectivity index (χ1n) is 13.0. The van der Waals surface area contributed by atoms with Crippen molar-refractivity contribution in [1.29, 1.82) is 0 Å². The number of halogens is 1. The van der Waals surface area contributed by atoms with Crippen LogP contribution < -0.4 is 14.4 Å². The first-order valence-corrected chi connectivity index (χ1v) is 13.9. The summed E-state index contributed by atoms with van der Waals surface area (Å²) in [6.45, 7) is 10.7. The summed E-state index contributed by atoms with van der Waals surface area (Å²) < 4.78 is 39.8. The summed E-state index contributed by atoms with van der Waals surface area (Å²) in [5.41, 5.74) is 0.515. The molecule has 5 rings (SSSR count). The molecule has 1 saturated heterocycles. The number of rotatable bonds is 8. The lowest BCUT2D eigenvalue weighted by atomic mass is 10.0. The zero-order valence-electron chi connectivity index (χ0n) is 23.3. The van der Waals surface area contributed by atoms with Crippen molar-refractivity contribution < 1.29 is 32.7 Å². The van der Waals surface area contributed by atoms with Crippen LogP contribution in [-0.2, 0) is 15.7 Å². The van der Waals surface area contributed by atoms with Gasteiger partial charge >= 0.3 is 17.9 Å². The second-order valence-electron chi connectivity index (χ2n) is 11.4. The number of carbonyl (C=O) groups excluding carboxylic acids is 1. The minimum absolute atomic E-state index is 0.0160. The number of imidazole rings is 1. The highest BCUT2D eigenvalue weighted by atomic mass is 28.2. The molecule has 216 valence electrons. The number of amides is 1. The minimum Gasteiger partial charge on any atom is -0.469 e. The molecule has 2 aromatic heterocycles. The van der Waals surface area contributed by atoms with Crippen LogP contribution in [0, 0.1) is 15.9 Å². The van der Waals surface area contributed by atoms with E-state index in [1.54, 1.807) is 24.3 Å². The normalized spacial score (nSPS) is 19.0. The van der Waals surface area contributed by atoms with Crippen LogP contribution in [0.3, 0.4) is 0 Å². The lowest BCUT2D eigenvalue weighted by molar-refractivity contribution is -0.389. The van der Waals surface area contributed by atoms with Gasteiger partial charge in [0.15, 0.2) is 6.10 Å². The Morgan fingerprint density at radius 1 is 1.17 bits per heavy atom. The first-order chi connectivity index (χ1) is 19.3. The second kappa shape index (κ2) is 10.7. The van der Waals surface area contributed by atoms with Crippen LogP contribution in [-0.4, -0.2) is 66.3 Å². The highest BCUT2D eigenvalue weighted by molar-refractivity contribution is 6.31. The van der Waals surface area contributed by atoms with Crippen molar-refractivity contribution in [3.05, 3.63) is 58.7 Å². The molecule has 14 heteroatoms. The number of anilines is 1. The van der Waals surface area contributed by atoms with Crippen molar-refractivity contribution in [1.82, 2.24) is 14.5 Å². The van der Waals surface area contributed by atoms with Crippen LogP contribution in [0.25, 0.3) is 11.1 Å². The van der Waals surface area contributed by atoms with Crippen LogP contribution >= 0.6 is 0 Å². The van der Waals surface area contributed by atoms with Crippen LogP contribution in [0.1, 0.15) is 34.6 Å². The third-order valence-electron chi connectivity index (χ3n) is 6.52. The molecule has 3 aromatic rings. The van der Waals surface area contributed by atoms with Crippen LogP contribution in [0.2, 0.25) is 5.04 Å². The summed E-state index contributed by atoms with van der Waals surface area (Å²) >= 11 is 0. The maximum absolute atomic E-state index is 15.2. The molecule has 2 aliphatic rings. The standard InChI is InChI=1S/C27H30FN5O7Si/c1-26(2,3)41-40-27(4,5)21-13-32(25(34)39-21)17-7-8-19(20(28)10-17)16-6-9-23(29-11-16)38-18-12-31-14-22(33(35)36)30-24(31)37-15-18/h6-11,14,18,21H,12-13,15H2,1-5H3/t18-,21+/m0/s1. The number of nitrogens with zero attached hydrogens (tertiary/aromatic N) is 5. The van der Waals surface area contributed by atoms with E-state index in [0.29, 0.717) is 29.2 Å². The Bertz CT molecular complexity index is 1460. The maximum Gasteiger partial charge on any atom is 0.414 e. The minimum atomic E-state index is -0.702. The van der Waals surface area contributed by atoms with E-state index in [4.69, 9.17) is 18.6 Å². The van der Waals surface area contributed by atoms with Gasteiger partial charge in [-0.25, -0.2) is 14.2 Å². The van der Waals surface area contributed by atoms with Gasteiger partial charge in [-0.3, -0.25) is 9.47 Å². The van der Waals surface area contributed by atoms with E-state index in [-0.39, 0.29) is 39.8 Å². The number of hydrogen-bond acceptors (Lipinski definition) is 9. The Balaban J connectivity index is 1.22. The summed E-state index contributed by atoms with van der Waals surface area (Å²) in [5.74, 6) is -0.527. The van der Waals surface area contributed by atoms with Gasteiger partial charge in [0, 0.05) is 28.4 Å². The van der Waals surface area contributed by atoms with Crippen molar-refractivity contribution in [2.45, 2.75) is 64.0 Å². The van der Waals surface area contributed by atoms with E-state index in [9.17, 15) is 14.9 Å². The van der Waals surface area contributed by atoms with Crippen LogP contribution in [0.4, 0.5) is 20.7 Å². The van der Waals surface area contributed by atoms with Crippen molar-refractivity contribution in [2.75, 3.05) is 18.1 Å². The summed E-state index contributed by atoms with van der Waals surface area (Å²) in [6, 6.07) is 8.00. The average molecular weight is 584 g/mol. The van der Waals surface area contributed by atoms with Gasteiger partial charge in [-0.15, -0.1) is 0 Å². The molecule has 12 nitrogen and oxygen atoms in total. The highest BCUT2D eigenvalue weighted by Gasteiger charge is 2.43. The molecule has 0 unspecified atom stereocenters. The molecule has 0 bridgehead atoms. The number of nitro groups is 1. The first kappa shape index (κ1) is 28.5. The zero-order chi connectivity index (χ0) is 29.5. The number of hydrogen-bond donors (Lipinski definition) is 0. The third-order valence-corrected chi connectivity index (χ3v) is 7.76. The van der Waals surface area contributed by atoms with Crippen molar-refractivity contribution >= 4 is 27.4 Å². The number of pyridine rings is 1. The Morgan fingerprint density at radius 3 is 2.61 bits per heavy atom. The quantitative estimate of drug-likeness (QED) is 0.209. The van der Waals surface area contributed by atoms with E-state index in [0.717, 1.165) is 0 Å². The average Bonchev–Trinajstić information content (AvgIpc) is 3.52. The van der Waals surface area contributed by atoms with Gasteiger partial charge in [0.2, 0.25) is 15.6 Å². The molecular formula is C27H30FN5O7Si. The monoisotopic (exact) mass is 583 g/mol. The smallest absolute Gasteiger partial charge is 0.414 e. The van der Waals surface area contributed by atoms with Crippen LogP contribution in [0.5, 0.6) is 11.9 Å². The predicted octanol–water partition coefficient (Wildman–Crippen LogP) is 4.79. The molecule has 0 saturated carbocycles. The molecule has 2 atom stereocenters. The molecule has 2 aliphatic heterocycles. The van der Waals surface area contributed by atoms with E-state index in [1.807, 2.05) is 13.8 Å². The van der Waals surface area contributed by atoms with Gasteiger partial charge in [0.05, 0.1) is 24.4 Å². The lowest BCUT2D eigenvalue weighted by Crippen LogP contribution is -2.43.